The molecule has 4 nitrogen and oxygen atoms in total. The molecule has 0 aliphatic heterocycles. The van der Waals surface area contributed by atoms with Crippen LogP contribution in [0.15, 0.2) is 83.1 Å². The Hall–Kier alpha value is -3.53. The van der Waals surface area contributed by atoms with E-state index in [2.05, 4.69) is 75.4 Å². The van der Waals surface area contributed by atoms with E-state index in [1.807, 2.05) is 46.0 Å². The Balaban J connectivity index is 0.000000249. The summed E-state index contributed by atoms with van der Waals surface area (Å²) in [6.45, 7) is 14.7. The molecular weight excluding hydrogens is 735 g/mol. The average molecular weight is 779 g/mol. The maximum absolute atomic E-state index is 11.7. The zero-order chi connectivity index (χ0) is 31.6. The number of aryl methyl sites for hydroxylation is 1. The molecular formula is C40H44IrNO3-. The molecule has 0 bridgehead atoms. The number of rotatable bonds is 8. The molecule has 5 aromatic rings. The van der Waals surface area contributed by atoms with E-state index in [1.54, 1.807) is 0 Å². The monoisotopic (exact) mass is 779 g/mol. The van der Waals surface area contributed by atoms with Crippen LogP contribution in [0.3, 0.4) is 0 Å². The molecule has 0 fully saturated rings. The molecule has 1 aliphatic carbocycles. The predicted octanol–water partition coefficient (Wildman–Crippen LogP) is 10.9. The van der Waals surface area contributed by atoms with Crippen LogP contribution in [0.5, 0.6) is 0 Å². The van der Waals surface area contributed by atoms with Crippen molar-refractivity contribution in [2.24, 2.45) is 11.8 Å². The first kappa shape index (κ1) is 34.3. The topological polar surface area (TPSA) is 63.3 Å². The molecule has 1 radical (unpaired) electrons. The Morgan fingerprint density at radius 1 is 0.889 bits per heavy atom. The summed E-state index contributed by atoms with van der Waals surface area (Å²) >= 11 is 0. The second kappa shape index (κ2) is 14.3. The Morgan fingerprint density at radius 2 is 1.56 bits per heavy atom. The minimum Gasteiger partial charge on any atom is -0.512 e. The van der Waals surface area contributed by atoms with Gasteiger partial charge in [-0.25, -0.2) is 0 Å². The minimum atomic E-state index is -0.189. The first-order valence-electron chi connectivity index (χ1n) is 16.0. The molecule has 0 saturated carbocycles. The summed E-state index contributed by atoms with van der Waals surface area (Å²) in [7, 11) is 0. The van der Waals surface area contributed by atoms with Crippen LogP contribution in [0.4, 0.5) is 0 Å². The maximum atomic E-state index is 11.7. The Morgan fingerprint density at radius 3 is 2.20 bits per heavy atom. The number of allylic oxidation sites excluding steroid dienone is 2. The summed E-state index contributed by atoms with van der Waals surface area (Å²) in [6, 6.07) is 24.7. The largest absolute Gasteiger partial charge is 0.512 e. The first-order valence-corrected chi connectivity index (χ1v) is 16.0. The normalized spacial score (nSPS) is 13.4. The van der Waals surface area contributed by atoms with Crippen LogP contribution in [0.25, 0.3) is 44.3 Å². The van der Waals surface area contributed by atoms with Gasteiger partial charge in [-0.05, 0) is 54.8 Å². The first-order chi connectivity index (χ1) is 21.2. The van der Waals surface area contributed by atoms with E-state index in [9.17, 15) is 9.90 Å². The van der Waals surface area contributed by atoms with Gasteiger partial charge in [-0.1, -0.05) is 84.0 Å². The fourth-order valence-corrected chi connectivity index (χ4v) is 6.63. The molecule has 6 rings (SSSR count). The van der Waals surface area contributed by atoms with Gasteiger partial charge in [0.05, 0.1) is 5.76 Å². The molecule has 0 spiro atoms. The molecule has 45 heavy (non-hydrogen) atoms. The van der Waals surface area contributed by atoms with Crippen molar-refractivity contribution in [3.63, 3.8) is 0 Å². The molecule has 0 unspecified atom stereocenters. The Bertz CT molecular complexity index is 1830. The van der Waals surface area contributed by atoms with E-state index in [-0.39, 0.29) is 48.9 Å². The summed E-state index contributed by atoms with van der Waals surface area (Å²) < 4.78 is 6.58. The third-order valence-electron chi connectivity index (χ3n) is 9.43. The number of pyridine rings is 1. The van der Waals surface area contributed by atoms with Crippen LogP contribution in [-0.2, 0) is 30.3 Å². The van der Waals surface area contributed by atoms with E-state index in [4.69, 9.17) is 9.40 Å². The van der Waals surface area contributed by atoms with Gasteiger partial charge >= 0.3 is 0 Å². The molecule has 0 amide bonds. The van der Waals surface area contributed by atoms with Crippen molar-refractivity contribution in [2.45, 2.75) is 79.6 Å². The van der Waals surface area contributed by atoms with Gasteiger partial charge in [0.15, 0.2) is 5.78 Å². The molecule has 237 valence electrons. The standard InChI is InChI=1S/C27H20NO.C13H24O2.Ir/c1-16-15-28-24-19-11-7-8-12-20(19)27(2,3)21-14-13-18(17-9-5-4-6-10-17)26-22(21)23(24)25(16)29-26;1-5-10(6-2)12(14)9-13(15)11(7-3)8-4;/h4-10,12-15H,1-3H3;9-11,14H,5-8H2,1-4H3;/q-1;;/b;12-9-;. The Labute approximate surface area is 281 Å². The van der Waals surface area contributed by atoms with Crippen LogP contribution in [0.2, 0.25) is 0 Å². The fraction of sp³-hybridized carbons (Fsp3) is 0.350. The van der Waals surface area contributed by atoms with Crippen molar-refractivity contribution in [2.75, 3.05) is 0 Å². The Kier molecular flexibility index (Phi) is 10.9. The molecule has 0 atom stereocenters. The van der Waals surface area contributed by atoms with Crippen molar-refractivity contribution < 1.29 is 34.4 Å². The fourth-order valence-electron chi connectivity index (χ4n) is 6.63. The summed E-state index contributed by atoms with van der Waals surface area (Å²) in [5, 5.41) is 12.1. The molecule has 2 aromatic heterocycles. The van der Waals surface area contributed by atoms with Crippen LogP contribution >= 0.6 is 0 Å². The summed E-state index contributed by atoms with van der Waals surface area (Å²) in [6.07, 6.45) is 6.83. The van der Waals surface area contributed by atoms with Crippen molar-refractivity contribution in [3.8, 4) is 22.4 Å². The van der Waals surface area contributed by atoms with Crippen LogP contribution in [0, 0.1) is 24.8 Å². The number of fused-ring (bicyclic) bond motifs is 2. The number of carbonyl (C=O) groups is 1. The van der Waals surface area contributed by atoms with Crippen molar-refractivity contribution in [3.05, 3.63) is 101 Å². The molecule has 5 heteroatoms. The van der Waals surface area contributed by atoms with E-state index < -0.39 is 0 Å². The predicted molar refractivity (Wildman–Crippen MR) is 182 cm³/mol. The van der Waals surface area contributed by atoms with Gasteiger partial charge in [0, 0.05) is 66.1 Å². The van der Waals surface area contributed by atoms with E-state index in [0.717, 1.165) is 70.2 Å². The molecule has 1 N–H and O–H groups in total. The minimum absolute atomic E-state index is 0. The number of aliphatic hydroxyl groups excluding tert-OH is 1. The number of ketones is 1. The van der Waals surface area contributed by atoms with E-state index in [1.165, 1.54) is 22.6 Å². The number of hydrogen-bond donors (Lipinski definition) is 1. The van der Waals surface area contributed by atoms with Gasteiger partial charge in [-0.15, -0.1) is 35.4 Å². The maximum Gasteiger partial charge on any atom is 0.162 e. The number of hydrogen-bond acceptors (Lipinski definition) is 4. The number of aliphatic hydroxyl groups is 1. The van der Waals surface area contributed by atoms with Crippen LogP contribution in [-0.4, -0.2) is 15.9 Å². The third-order valence-corrected chi connectivity index (χ3v) is 9.43. The van der Waals surface area contributed by atoms with E-state index in [0.29, 0.717) is 0 Å². The molecule has 0 saturated heterocycles. The van der Waals surface area contributed by atoms with Gasteiger partial charge in [0.2, 0.25) is 0 Å². The second-order valence-corrected chi connectivity index (χ2v) is 12.4. The summed E-state index contributed by atoms with van der Waals surface area (Å²) in [5.74, 6) is 0.547. The van der Waals surface area contributed by atoms with Crippen LogP contribution < -0.4 is 0 Å². The van der Waals surface area contributed by atoms with Crippen molar-refractivity contribution in [1.29, 1.82) is 0 Å². The number of carbonyl (C=O) groups excluding carboxylic acids is 1. The molecule has 2 heterocycles. The summed E-state index contributed by atoms with van der Waals surface area (Å²) in [4.78, 5) is 16.6. The van der Waals surface area contributed by atoms with Gasteiger partial charge < -0.3 is 14.5 Å². The number of nitrogens with zero attached hydrogens (tertiary/aromatic N) is 1. The average Bonchev–Trinajstić information content (AvgIpc) is 3.41. The smallest absolute Gasteiger partial charge is 0.162 e. The zero-order valence-electron chi connectivity index (χ0n) is 27.5. The number of benzene rings is 3. The number of aromatic nitrogens is 1. The van der Waals surface area contributed by atoms with Crippen LogP contribution in [0.1, 0.15) is 83.9 Å². The number of furan rings is 1. The molecule has 3 aromatic carbocycles. The van der Waals surface area contributed by atoms with Crippen molar-refractivity contribution in [1.82, 2.24) is 4.98 Å². The quantitative estimate of drug-likeness (QED) is 0.0968. The van der Waals surface area contributed by atoms with Crippen molar-refractivity contribution >= 4 is 27.7 Å². The molecule has 1 aliphatic rings. The summed E-state index contributed by atoms with van der Waals surface area (Å²) in [5.41, 5.74) is 9.60. The second-order valence-electron chi connectivity index (χ2n) is 12.4. The van der Waals surface area contributed by atoms with Gasteiger partial charge in [0.25, 0.3) is 0 Å². The zero-order valence-corrected chi connectivity index (χ0v) is 29.9. The van der Waals surface area contributed by atoms with E-state index >= 15 is 0 Å². The van der Waals surface area contributed by atoms with Gasteiger partial charge in [-0.2, -0.15) is 0 Å². The van der Waals surface area contributed by atoms with Gasteiger partial charge in [-0.3, -0.25) is 4.79 Å². The third kappa shape index (κ3) is 6.30. The SMILES string of the molecule is CCC(CC)C(=O)/C=C(\O)C(CC)CC.Cc1cnc2c3c1oc1c(-c4ccccc4)ccc(c13)C(C)(C)c1ccc[c-]c1-2.[Ir]. The van der Waals surface area contributed by atoms with Gasteiger partial charge in [0.1, 0.15) is 11.2 Å².